The van der Waals surface area contributed by atoms with Crippen molar-refractivity contribution in [3.05, 3.63) is 46.8 Å². The van der Waals surface area contributed by atoms with E-state index < -0.39 is 0 Å². The van der Waals surface area contributed by atoms with E-state index in [4.69, 9.17) is 11.6 Å². The van der Waals surface area contributed by atoms with E-state index in [0.717, 1.165) is 26.2 Å². The van der Waals surface area contributed by atoms with E-state index in [-0.39, 0.29) is 11.9 Å². The van der Waals surface area contributed by atoms with Gasteiger partial charge in [0.05, 0.1) is 6.04 Å². The molecule has 1 aromatic carbocycles. The molecule has 0 aliphatic carbocycles. The minimum Gasteiger partial charge on any atom is -0.314 e. The molecule has 0 unspecified atom stereocenters. The highest BCUT2D eigenvalue weighted by Crippen LogP contribution is 2.32. The molecule has 0 amide bonds. The lowest BCUT2D eigenvalue weighted by atomic mass is 10.0. The number of nitrogens with zero attached hydrogens (tertiary/aromatic N) is 1. The molecule has 0 radical (unpaired) electrons. The summed E-state index contributed by atoms with van der Waals surface area (Å²) in [4.78, 5) is 2.20. The van der Waals surface area contributed by atoms with Crippen LogP contribution in [0.2, 0.25) is 5.02 Å². The van der Waals surface area contributed by atoms with Gasteiger partial charge in [0.2, 0.25) is 0 Å². The molecule has 0 bridgehead atoms. The molecule has 1 atom stereocenters. The Morgan fingerprint density at radius 3 is 2.72 bits per heavy atom. The maximum Gasteiger partial charge on any atom is 0.132 e. The van der Waals surface area contributed by atoms with Crippen LogP contribution in [0, 0.1) is 12.7 Å². The fourth-order valence-corrected chi connectivity index (χ4v) is 2.62. The fraction of sp³-hybridized carbons (Fsp3) is 0.429. The van der Waals surface area contributed by atoms with Crippen molar-refractivity contribution in [2.45, 2.75) is 13.0 Å². The van der Waals surface area contributed by atoms with Crippen LogP contribution in [0.25, 0.3) is 0 Å². The summed E-state index contributed by atoms with van der Waals surface area (Å²) < 4.78 is 14.3. The lowest BCUT2D eigenvalue weighted by Gasteiger charge is -2.34. The highest BCUT2D eigenvalue weighted by molar-refractivity contribution is 6.31. The first kappa shape index (κ1) is 13.5. The van der Waals surface area contributed by atoms with Gasteiger partial charge in [-0.1, -0.05) is 23.7 Å². The first-order chi connectivity index (χ1) is 8.65. The predicted octanol–water partition coefficient (Wildman–Crippen LogP) is 2.92. The monoisotopic (exact) mass is 268 g/mol. The summed E-state index contributed by atoms with van der Waals surface area (Å²) in [5.41, 5.74) is 1.17. The van der Waals surface area contributed by atoms with Crippen LogP contribution < -0.4 is 5.32 Å². The zero-order valence-corrected chi connectivity index (χ0v) is 11.3. The van der Waals surface area contributed by atoms with Gasteiger partial charge in [0, 0.05) is 36.8 Å². The Morgan fingerprint density at radius 2 is 2.11 bits per heavy atom. The molecule has 1 fully saturated rings. The topological polar surface area (TPSA) is 15.3 Å². The first-order valence-electron chi connectivity index (χ1n) is 6.17. The van der Waals surface area contributed by atoms with Gasteiger partial charge in [-0.25, -0.2) is 4.39 Å². The van der Waals surface area contributed by atoms with Crippen LogP contribution >= 0.6 is 11.6 Å². The number of hydrogen-bond acceptors (Lipinski definition) is 2. The van der Waals surface area contributed by atoms with Crippen molar-refractivity contribution in [3.63, 3.8) is 0 Å². The zero-order chi connectivity index (χ0) is 13.1. The van der Waals surface area contributed by atoms with Gasteiger partial charge >= 0.3 is 0 Å². The third-order valence-electron chi connectivity index (χ3n) is 3.38. The third kappa shape index (κ3) is 2.58. The molecule has 1 saturated heterocycles. The van der Waals surface area contributed by atoms with Gasteiger partial charge in [0.1, 0.15) is 5.82 Å². The summed E-state index contributed by atoms with van der Waals surface area (Å²) in [5, 5.41) is 3.76. The Morgan fingerprint density at radius 1 is 1.44 bits per heavy atom. The summed E-state index contributed by atoms with van der Waals surface area (Å²) in [6, 6.07) is 3.31. The molecule has 1 aliphatic rings. The van der Waals surface area contributed by atoms with Crippen molar-refractivity contribution in [1.82, 2.24) is 10.2 Å². The van der Waals surface area contributed by atoms with Gasteiger partial charge in [0.15, 0.2) is 0 Å². The van der Waals surface area contributed by atoms with Crippen LogP contribution in [0.5, 0.6) is 0 Å². The van der Waals surface area contributed by atoms with Gasteiger partial charge < -0.3 is 5.32 Å². The van der Waals surface area contributed by atoms with Crippen LogP contribution in [0.1, 0.15) is 17.2 Å². The zero-order valence-electron chi connectivity index (χ0n) is 10.5. The van der Waals surface area contributed by atoms with Crippen molar-refractivity contribution in [2.24, 2.45) is 0 Å². The SMILES string of the molecule is C=C[C@H](c1c(Cl)ccc(C)c1F)N1CCNCC1. The van der Waals surface area contributed by atoms with E-state index in [9.17, 15) is 4.39 Å². The van der Waals surface area contributed by atoms with Crippen molar-refractivity contribution in [1.29, 1.82) is 0 Å². The van der Waals surface area contributed by atoms with Gasteiger partial charge in [-0.3, -0.25) is 4.90 Å². The van der Waals surface area contributed by atoms with E-state index in [2.05, 4.69) is 16.8 Å². The van der Waals surface area contributed by atoms with Crippen molar-refractivity contribution in [3.8, 4) is 0 Å². The van der Waals surface area contributed by atoms with Gasteiger partial charge in [-0.15, -0.1) is 6.58 Å². The molecule has 4 heteroatoms. The normalized spacial score (nSPS) is 18.6. The Hall–Kier alpha value is -0.900. The van der Waals surface area contributed by atoms with Gasteiger partial charge in [-0.2, -0.15) is 0 Å². The van der Waals surface area contributed by atoms with Crippen LogP contribution in [0.3, 0.4) is 0 Å². The highest BCUT2D eigenvalue weighted by atomic mass is 35.5. The Balaban J connectivity index is 2.37. The summed E-state index contributed by atoms with van der Waals surface area (Å²) in [6.45, 7) is 9.17. The maximum absolute atomic E-state index is 14.3. The van der Waals surface area contributed by atoms with E-state index in [1.165, 1.54) is 0 Å². The molecular weight excluding hydrogens is 251 g/mol. The van der Waals surface area contributed by atoms with E-state index in [1.807, 2.05) is 0 Å². The second-order valence-corrected chi connectivity index (χ2v) is 4.97. The van der Waals surface area contributed by atoms with Gasteiger partial charge in [0.25, 0.3) is 0 Å². The quantitative estimate of drug-likeness (QED) is 0.848. The van der Waals surface area contributed by atoms with E-state index in [0.29, 0.717) is 16.1 Å². The summed E-state index contributed by atoms with van der Waals surface area (Å²) in [5.74, 6) is -0.217. The molecule has 0 saturated carbocycles. The molecule has 18 heavy (non-hydrogen) atoms. The lowest BCUT2D eigenvalue weighted by Crippen LogP contribution is -2.44. The molecule has 98 valence electrons. The summed E-state index contributed by atoms with van der Waals surface area (Å²) in [6.07, 6.45) is 1.77. The molecular formula is C14H18ClFN2. The van der Waals surface area contributed by atoms with Crippen LogP contribution in [-0.4, -0.2) is 31.1 Å². The second kappa shape index (κ2) is 5.83. The summed E-state index contributed by atoms with van der Waals surface area (Å²) in [7, 11) is 0. The molecule has 1 heterocycles. The fourth-order valence-electron chi connectivity index (χ4n) is 2.36. The number of benzene rings is 1. The molecule has 0 spiro atoms. The standard InChI is InChI=1S/C14H18ClFN2/c1-3-12(18-8-6-17-7-9-18)13-11(15)5-4-10(2)14(13)16/h3-5,12,17H,1,6-9H2,2H3/t12-/m1/s1. The number of hydrogen-bond donors (Lipinski definition) is 1. The van der Waals surface area contributed by atoms with Crippen molar-refractivity contribution >= 4 is 11.6 Å². The third-order valence-corrected chi connectivity index (χ3v) is 3.71. The van der Waals surface area contributed by atoms with Crippen LogP contribution in [-0.2, 0) is 0 Å². The Kier molecular flexibility index (Phi) is 4.38. The largest absolute Gasteiger partial charge is 0.314 e. The molecule has 1 N–H and O–H groups in total. The molecule has 1 aromatic rings. The number of piperazine rings is 1. The average Bonchev–Trinajstić information content (AvgIpc) is 2.40. The minimum atomic E-state index is -0.217. The van der Waals surface area contributed by atoms with Crippen molar-refractivity contribution in [2.75, 3.05) is 26.2 Å². The Bertz CT molecular complexity index is 442. The lowest BCUT2D eigenvalue weighted by molar-refractivity contribution is 0.200. The first-order valence-corrected chi connectivity index (χ1v) is 6.54. The Labute approximate surface area is 112 Å². The van der Waals surface area contributed by atoms with Gasteiger partial charge in [-0.05, 0) is 18.6 Å². The van der Waals surface area contributed by atoms with Crippen molar-refractivity contribution < 1.29 is 4.39 Å². The number of nitrogens with one attached hydrogen (secondary N) is 1. The minimum absolute atomic E-state index is 0.153. The van der Waals surface area contributed by atoms with E-state index in [1.54, 1.807) is 25.1 Å². The molecule has 2 rings (SSSR count). The second-order valence-electron chi connectivity index (χ2n) is 4.56. The summed E-state index contributed by atoms with van der Waals surface area (Å²) >= 11 is 6.16. The number of halogens is 2. The molecule has 0 aromatic heterocycles. The number of rotatable bonds is 3. The van der Waals surface area contributed by atoms with Crippen LogP contribution in [0.15, 0.2) is 24.8 Å². The molecule has 2 nitrogen and oxygen atoms in total. The average molecular weight is 269 g/mol. The predicted molar refractivity (Wildman–Crippen MR) is 73.5 cm³/mol. The van der Waals surface area contributed by atoms with Crippen LogP contribution in [0.4, 0.5) is 4.39 Å². The molecule has 1 aliphatic heterocycles. The number of aryl methyl sites for hydroxylation is 1. The highest BCUT2D eigenvalue weighted by Gasteiger charge is 2.24. The smallest absolute Gasteiger partial charge is 0.132 e. The maximum atomic E-state index is 14.3. The van der Waals surface area contributed by atoms with E-state index >= 15 is 0 Å².